The van der Waals surface area contributed by atoms with E-state index in [1.165, 1.54) is 12.4 Å². The zero-order chi connectivity index (χ0) is 18.4. The molecule has 0 amide bonds. The molecule has 0 atom stereocenters. The lowest BCUT2D eigenvalue weighted by molar-refractivity contribution is 0.448. The summed E-state index contributed by atoms with van der Waals surface area (Å²) in [5.74, 6) is -5.71. The first kappa shape index (κ1) is 18.9. The SMILES string of the molecule is CC(C)(C)P(c1nccn1-c1c(F)c(F)cc(F)c1F)C(C)(C)C. The molecule has 1 aromatic heterocycles. The monoisotopic (exact) mass is 360 g/mol. The Morgan fingerprint density at radius 2 is 1.33 bits per heavy atom. The Labute approximate surface area is 140 Å². The van der Waals surface area contributed by atoms with Crippen LogP contribution in [0.2, 0.25) is 0 Å². The van der Waals surface area contributed by atoms with E-state index in [4.69, 9.17) is 0 Å². The summed E-state index contributed by atoms with van der Waals surface area (Å²) < 4.78 is 56.8. The largest absolute Gasteiger partial charge is 0.294 e. The first-order chi connectivity index (χ1) is 10.9. The van der Waals surface area contributed by atoms with Crippen LogP contribution in [0.4, 0.5) is 17.6 Å². The van der Waals surface area contributed by atoms with Crippen molar-refractivity contribution in [2.45, 2.75) is 51.9 Å². The molecule has 0 aliphatic carbocycles. The molecule has 0 spiro atoms. The van der Waals surface area contributed by atoms with Gasteiger partial charge in [0.15, 0.2) is 23.3 Å². The minimum absolute atomic E-state index is 0.209. The van der Waals surface area contributed by atoms with Crippen LogP contribution in [0.25, 0.3) is 5.69 Å². The molecule has 1 aromatic carbocycles. The van der Waals surface area contributed by atoms with Gasteiger partial charge in [0, 0.05) is 18.5 Å². The van der Waals surface area contributed by atoms with Gasteiger partial charge in [0.25, 0.3) is 0 Å². The molecule has 0 radical (unpaired) electrons. The van der Waals surface area contributed by atoms with Gasteiger partial charge in [0.05, 0.1) is 0 Å². The molecule has 0 saturated carbocycles. The highest BCUT2D eigenvalue weighted by atomic mass is 31.1. The first-order valence-electron chi connectivity index (χ1n) is 7.52. The molecule has 0 aliphatic rings. The zero-order valence-corrected chi connectivity index (χ0v) is 15.5. The van der Waals surface area contributed by atoms with E-state index in [0.717, 1.165) is 4.57 Å². The van der Waals surface area contributed by atoms with E-state index >= 15 is 0 Å². The number of nitrogens with zero attached hydrogens (tertiary/aromatic N) is 2. The summed E-state index contributed by atoms with van der Waals surface area (Å²) in [5, 5.41) is -0.453. The van der Waals surface area contributed by atoms with Crippen LogP contribution in [0.3, 0.4) is 0 Å². The maximum atomic E-state index is 14.2. The normalized spacial score (nSPS) is 13.0. The van der Waals surface area contributed by atoms with E-state index in [2.05, 4.69) is 4.98 Å². The fourth-order valence-electron chi connectivity index (χ4n) is 3.01. The second kappa shape index (κ2) is 6.14. The van der Waals surface area contributed by atoms with Gasteiger partial charge in [-0.1, -0.05) is 41.5 Å². The van der Waals surface area contributed by atoms with Gasteiger partial charge in [-0.15, -0.1) is 0 Å². The van der Waals surface area contributed by atoms with Gasteiger partial charge in [-0.05, 0) is 18.2 Å². The summed E-state index contributed by atoms with van der Waals surface area (Å²) in [6.07, 6.45) is 2.73. The maximum Gasteiger partial charge on any atom is 0.186 e. The number of hydrogen-bond donors (Lipinski definition) is 0. The van der Waals surface area contributed by atoms with Gasteiger partial charge >= 0.3 is 0 Å². The fourth-order valence-corrected chi connectivity index (χ4v) is 6.79. The highest BCUT2D eigenvalue weighted by Crippen LogP contribution is 2.58. The first-order valence-corrected chi connectivity index (χ1v) is 8.87. The predicted octanol–water partition coefficient (Wildman–Crippen LogP) is 5.13. The Bertz CT molecular complexity index is 717. The molecule has 0 unspecified atom stereocenters. The number of benzene rings is 1. The van der Waals surface area contributed by atoms with Crippen molar-refractivity contribution >= 4 is 13.5 Å². The Morgan fingerprint density at radius 1 is 0.875 bits per heavy atom. The Balaban J connectivity index is 2.77. The van der Waals surface area contributed by atoms with Crippen molar-refractivity contribution in [3.05, 3.63) is 41.7 Å². The van der Waals surface area contributed by atoms with E-state index in [0.29, 0.717) is 5.57 Å². The molecule has 7 heteroatoms. The van der Waals surface area contributed by atoms with Crippen LogP contribution in [0, 0.1) is 23.3 Å². The Morgan fingerprint density at radius 3 is 1.75 bits per heavy atom. The average Bonchev–Trinajstić information content (AvgIpc) is 2.82. The molecule has 0 fully saturated rings. The number of halogens is 4. The molecule has 2 rings (SSSR count). The third-order valence-corrected chi connectivity index (χ3v) is 6.91. The summed E-state index contributed by atoms with van der Waals surface area (Å²) in [5.41, 5.74) is -0.339. The minimum atomic E-state index is -1.43. The molecule has 0 saturated heterocycles. The highest BCUT2D eigenvalue weighted by molar-refractivity contribution is 7.68. The quantitative estimate of drug-likeness (QED) is 0.412. The molecular weight excluding hydrogens is 339 g/mol. The van der Waals surface area contributed by atoms with Crippen molar-refractivity contribution in [1.29, 1.82) is 0 Å². The van der Waals surface area contributed by atoms with Gasteiger partial charge < -0.3 is 0 Å². The lowest BCUT2D eigenvalue weighted by atomic mass is 10.2. The summed E-state index contributed by atoms with van der Waals surface area (Å²) in [7, 11) is -1.02. The number of rotatable bonds is 2. The maximum absolute atomic E-state index is 14.2. The molecule has 24 heavy (non-hydrogen) atoms. The van der Waals surface area contributed by atoms with Crippen LogP contribution in [0.1, 0.15) is 41.5 Å². The van der Waals surface area contributed by atoms with E-state index in [-0.39, 0.29) is 16.4 Å². The van der Waals surface area contributed by atoms with Gasteiger partial charge in [0.2, 0.25) is 0 Å². The van der Waals surface area contributed by atoms with E-state index in [9.17, 15) is 17.6 Å². The molecule has 0 bridgehead atoms. The summed E-state index contributed by atoms with van der Waals surface area (Å²) >= 11 is 0. The van der Waals surface area contributed by atoms with Crippen LogP contribution in [0.5, 0.6) is 0 Å². The number of imidazole rings is 1. The summed E-state index contributed by atoms with van der Waals surface area (Å²) in [4.78, 5) is 4.28. The Kier molecular flexibility index (Phi) is 4.84. The van der Waals surface area contributed by atoms with Crippen molar-refractivity contribution in [3.8, 4) is 5.69 Å². The van der Waals surface area contributed by atoms with Crippen LogP contribution in [0.15, 0.2) is 18.5 Å². The third-order valence-electron chi connectivity index (χ3n) is 3.49. The van der Waals surface area contributed by atoms with Crippen LogP contribution in [-0.2, 0) is 0 Å². The average molecular weight is 360 g/mol. The lowest BCUT2D eigenvalue weighted by Gasteiger charge is -2.40. The van der Waals surface area contributed by atoms with Crippen molar-refractivity contribution < 1.29 is 17.6 Å². The molecule has 2 nitrogen and oxygen atoms in total. The van der Waals surface area contributed by atoms with Crippen molar-refractivity contribution in [3.63, 3.8) is 0 Å². The topological polar surface area (TPSA) is 17.8 Å². The van der Waals surface area contributed by atoms with Gasteiger partial charge in [-0.3, -0.25) is 4.57 Å². The minimum Gasteiger partial charge on any atom is -0.294 e. The van der Waals surface area contributed by atoms with Gasteiger partial charge in [-0.25, -0.2) is 22.5 Å². The second-order valence-corrected chi connectivity index (χ2v) is 11.3. The molecule has 132 valence electrons. The summed E-state index contributed by atoms with van der Waals surface area (Å²) in [6.45, 7) is 12.1. The van der Waals surface area contributed by atoms with Crippen LogP contribution < -0.4 is 5.57 Å². The second-order valence-electron chi connectivity index (χ2n) is 7.59. The molecular formula is C17H21F4N2P. The molecule has 0 aliphatic heterocycles. The Hall–Kier alpha value is -1.42. The van der Waals surface area contributed by atoms with Gasteiger partial charge in [-0.2, -0.15) is 0 Å². The van der Waals surface area contributed by atoms with Crippen LogP contribution >= 0.6 is 7.92 Å². The predicted molar refractivity (Wildman–Crippen MR) is 89.5 cm³/mol. The number of hydrogen-bond acceptors (Lipinski definition) is 1. The molecule has 1 heterocycles. The smallest absolute Gasteiger partial charge is 0.186 e. The van der Waals surface area contributed by atoms with Crippen LogP contribution in [-0.4, -0.2) is 19.9 Å². The number of aromatic nitrogens is 2. The fraction of sp³-hybridized carbons (Fsp3) is 0.471. The van der Waals surface area contributed by atoms with E-state index < -0.39 is 36.9 Å². The van der Waals surface area contributed by atoms with Gasteiger partial charge in [0.1, 0.15) is 11.3 Å². The summed E-state index contributed by atoms with van der Waals surface area (Å²) in [6, 6.07) is 0.209. The lowest BCUT2D eigenvalue weighted by Crippen LogP contribution is -2.35. The standard InChI is InChI=1S/C17H21F4N2P/c1-16(2,3)24(17(4,5)6)15-22-7-8-23(15)14-12(20)10(18)9-11(19)13(14)21/h7-9H,1-6H3. The molecule has 0 N–H and O–H groups in total. The third kappa shape index (κ3) is 3.34. The zero-order valence-electron chi connectivity index (χ0n) is 14.6. The van der Waals surface area contributed by atoms with E-state index in [1.807, 2.05) is 41.5 Å². The highest BCUT2D eigenvalue weighted by Gasteiger charge is 2.39. The van der Waals surface area contributed by atoms with E-state index in [1.54, 1.807) is 0 Å². The van der Waals surface area contributed by atoms with Crippen molar-refractivity contribution in [2.24, 2.45) is 0 Å². The molecule has 2 aromatic rings. The van der Waals surface area contributed by atoms with Crippen molar-refractivity contribution in [2.75, 3.05) is 0 Å². The van der Waals surface area contributed by atoms with Crippen molar-refractivity contribution in [1.82, 2.24) is 9.55 Å².